The number of hydrogen-bond acceptors (Lipinski definition) is 3. The lowest BCUT2D eigenvalue weighted by Gasteiger charge is -2.31. The number of aliphatic carboxylic acids is 1. The normalized spacial score (nSPS) is 19.9. The van der Waals surface area contributed by atoms with Crippen molar-refractivity contribution in [3.8, 4) is 0 Å². The lowest BCUT2D eigenvalue weighted by Crippen LogP contribution is -2.15. The second-order valence-corrected chi connectivity index (χ2v) is 8.77. The Balaban J connectivity index is 1.95. The highest BCUT2D eigenvalue weighted by Gasteiger charge is 2.27. The number of benzene rings is 1. The van der Waals surface area contributed by atoms with Crippen LogP contribution in [0.5, 0.6) is 0 Å². The van der Waals surface area contributed by atoms with Crippen molar-refractivity contribution in [1.29, 1.82) is 0 Å². The first-order chi connectivity index (χ1) is 12.3. The molecule has 2 rings (SSSR count). The molecular formula is C20H30O5S. The van der Waals surface area contributed by atoms with Gasteiger partial charge >= 0.3 is 5.97 Å². The van der Waals surface area contributed by atoms with Crippen molar-refractivity contribution in [2.45, 2.75) is 87.9 Å². The molecule has 0 aromatic heterocycles. The zero-order chi connectivity index (χ0) is 19.2. The molecule has 26 heavy (non-hydrogen) atoms. The molecule has 146 valence electrons. The highest BCUT2D eigenvalue weighted by Crippen LogP contribution is 2.43. The van der Waals surface area contributed by atoms with Crippen molar-refractivity contribution >= 4 is 16.1 Å². The van der Waals surface area contributed by atoms with Crippen molar-refractivity contribution in [2.75, 3.05) is 0 Å². The number of carbonyl (C=O) groups is 1. The monoisotopic (exact) mass is 382 g/mol. The van der Waals surface area contributed by atoms with Gasteiger partial charge in [0.1, 0.15) is 0 Å². The van der Waals surface area contributed by atoms with Crippen molar-refractivity contribution in [3.63, 3.8) is 0 Å². The fourth-order valence-electron chi connectivity index (χ4n) is 4.07. The third-order valence-corrected chi connectivity index (χ3v) is 6.39. The van der Waals surface area contributed by atoms with Crippen LogP contribution in [-0.2, 0) is 14.9 Å². The van der Waals surface area contributed by atoms with Crippen LogP contribution in [-0.4, -0.2) is 24.0 Å². The molecule has 1 aromatic rings. The number of unbranched alkanes of at least 4 members (excludes halogenated alkanes) is 4. The smallest absolute Gasteiger partial charge is 0.303 e. The Hall–Kier alpha value is -1.40. The summed E-state index contributed by atoms with van der Waals surface area (Å²) in [6, 6.07) is 5.07. The molecule has 0 aliphatic heterocycles. The molecule has 0 bridgehead atoms. The van der Waals surface area contributed by atoms with Gasteiger partial charge in [0, 0.05) is 6.42 Å². The van der Waals surface area contributed by atoms with Gasteiger partial charge in [0.15, 0.2) is 0 Å². The molecule has 6 heteroatoms. The van der Waals surface area contributed by atoms with Crippen LogP contribution < -0.4 is 0 Å². The molecule has 0 amide bonds. The average Bonchev–Trinajstić information content (AvgIpc) is 2.59. The first-order valence-corrected chi connectivity index (χ1v) is 11.1. The maximum Gasteiger partial charge on any atom is 0.303 e. The van der Waals surface area contributed by atoms with Crippen LogP contribution in [0.2, 0.25) is 0 Å². The van der Waals surface area contributed by atoms with Gasteiger partial charge in [-0.2, -0.15) is 8.42 Å². The third-order valence-electron chi connectivity index (χ3n) is 5.54. The zero-order valence-electron chi connectivity index (χ0n) is 15.5. The Labute approximate surface area is 156 Å². The summed E-state index contributed by atoms with van der Waals surface area (Å²) < 4.78 is 32.2. The van der Waals surface area contributed by atoms with E-state index in [-0.39, 0.29) is 11.3 Å². The minimum atomic E-state index is -4.16. The van der Waals surface area contributed by atoms with E-state index in [1.807, 2.05) is 6.07 Å². The van der Waals surface area contributed by atoms with E-state index in [1.165, 1.54) is 11.6 Å². The predicted molar refractivity (Wildman–Crippen MR) is 101 cm³/mol. The van der Waals surface area contributed by atoms with Crippen LogP contribution in [0.1, 0.15) is 94.1 Å². The van der Waals surface area contributed by atoms with E-state index in [0.717, 1.165) is 63.4 Å². The summed E-state index contributed by atoms with van der Waals surface area (Å²) in [5.41, 5.74) is 2.32. The number of carboxylic acids is 1. The van der Waals surface area contributed by atoms with Gasteiger partial charge in [-0.1, -0.05) is 38.7 Å². The van der Waals surface area contributed by atoms with Gasteiger partial charge in [-0.3, -0.25) is 9.35 Å². The quantitative estimate of drug-likeness (QED) is 0.433. The Bertz CT molecular complexity index is 711. The Kier molecular flexibility index (Phi) is 7.65. The van der Waals surface area contributed by atoms with E-state index < -0.39 is 16.1 Å². The number of hydrogen-bond donors (Lipinski definition) is 2. The van der Waals surface area contributed by atoms with Crippen LogP contribution >= 0.6 is 0 Å². The molecule has 2 unspecified atom stereocenters. The zero-order valence-corrected chi connectivity index (χ0v) is 16.3. The standard InChI is InChI=1S/C20H30O5S/c1-2-15-10-11-16(8-6-4-3-5-7-9-20(21)22)18-13-12-17(14-19(15)18)26(23,24)25/h12-16H,2-11H2,1H3,(H,21,22)(H,23,24,25). The van der Waals surface area contributed by atoms with Crippen LogP contribution in [0.3, 0.4) is 0 Å². The first kappa shape index (κ1) is 20.9. The summed E-state index contributed by atoms with van der Waals surface area (Å²) in [4.78, 5) is 10.5. The number of rotatable bonds is 10. The van der Waals surface area contributed by atoms with Crippen LogP contribution in [0.25, 0.3) is 0 Å². The molecule has 0 saturated heterocycles. The summed E-state index contributed by atoms with van der Waals surface area (Å²) in [6.45, 7) is 2.12. The highest BCUT2D eigenvalue weighted by molar-refractivity contribution is 7.85. The summed E-state index contributed by atoms with van der Waals surface area (Å²) in [5.74, 6) is 0.0831. The SMILES string of the molecule is CCC1CCC(CCCCCCCC(=O)O)c2ccc(S(=O)(=O)O)cc21. The van der Waals surface area contributed by atoms with E-state index in [0.29, 0.717) is 11.8 Å². The molecule has 0 spiro atoms. The molecule has 1 aliphatic carbocycles. The maximum absolute atomic E-state index is 11.5. The summed E-state index contributed by atoms with van der Waals surface area (Å²) in [5, 5.41) is 8.64. The molecule has 0 fully saturated rings. The third kappa shape index (κ3) is 5.81. The molecule has 5 nitrogen and oxygen atoms in total. The first-order valence-electron chi connectivity index (χ1n) is 9.66. The Morgan fingerprint density at radius 3 is 2.35 bits per heavy atom. The van der Waals surface area contributed by atoms with E-state index in [4.69, 9.17) is 5.11 Å². The molecule has 1 aliphatic rings. The molecule has 2 N–H and O–H groups in total. The fraction of sp³-hybridized carbons (Fsp3) is 0.650. The summed E-state index contributed by atoms with van der Waals surface area (Å²) in [6.07, 6.45) is 9.46. The van der Waals surface area contributed by atoms with Gasteiger partial charge in [-0.05, 0) is 67.2 Å². The number of carboxylic acid groups (broad SMARTS) is 1. The molecular weight excluding hydrogens is 352 g/mol. The number of fused-ring (bicyclic) bond motifs is 1. The van der Waals surface area contributed by atoms with E-state index >= 15 is 0 Å². The van der Waals surface area contributed by atoms with Gasteiger partial charge in [0.25, 0.3) is 10.1 Å². The van der Waals surface area contributed by atoms with Crippen molar-refractivity contribution in [1.82, 2.24) is 0 Å². The summed E-state index contributed by atoms with van der Waals surface area (Å²) >= 11 is 0. The molecule has 0 radical (unpaired) electrons. The fourth-order valence-corrected chi connectivity index (χ4v) is 4.59. The second kappa shape index (κ2) is 9.51. The van der Waals surface area contributed by atoms with Gasteiger partial charge < -0.3 is 5.11 Å². The van der Waals surface area contributed by atoms with Gasteiger partial charge in [0.05, 0.1) is 4.90 Å². The van der Waals surface area contributed by atoms with E-state index in [2.05, 4.69) is 6.92 Å². The van der Waals surface area contributed by atoms with E-state index in [1.54, 1.807) is 6.07 Å². The highest BCUT2D eigenvalue weighted by atomic mass is 32.2. The second-order valence-electron chi connectivity index (χ2n) is 7.35. The van der Waals surface area contributed by atoms with Gasteiger partial charge in [-0.15, -0.1) is 0 Å². The van der Waals surface area contributed by atoms with Crippen molar-refractivity contribution in [2.24, 2.45) is 0 Å². The van der Waals surface area contributed by atoms with Crippen LogP contribution in [0.4, 0.5) is 0 Å². The molecule has 2 atom stereocenters. The van der Waals surface area contributed by atoms with Crippen LogP contribution in [0.15, 0.2) is 23.1 Å². The van der Waals surface area contributed by atoms with Gasteiger partial charge in [0.2, 0.25) is 0 Å². The average molecular weight is 383 g/mol. The Morgan fingerprint density at radius 1 is 1.04 bits per heavy atom. The minimum absolute atomic E-state index is 0.00576. The molecule has 0 heterocycles. The Morgan fingerprint density at radius 2 is 1.69 bits per heavy atom. The van der Waals surface area contributed by atoms with Crippen molar-refractivity contribution in [3.05, 3.63) is 29.3 Å². The minimum Gasteiger partial charge on any atom is -0.481 e. The lowest BCUT2D eigenvalue weighted by atomic mass is 9.74. The lowest BCUT2D eigenvalue weighted by molar-refractivity contribution is -0.137. The van der Waals surface area contributed by atoms with Crippen molar-refractivity contribution < 1.29 is 22.9 Å². The molecule has 1 aromatic carbocycles. The topological polar surface area (TPSA) is 91.7 Å². The van der Waals surface area contributed by atoms with Crippen LogP contribution in [0, 0.1) is 0 Å². The predicted octanol–water partition coefficient (Wildman–Crippen LogP) is 5.12. The molecule has 0 saturated carbocycles. The summed E-state index contributed by atoms with van der Waals surface area (Å²) in [7, 11) is -4.16. The largest absolute Gasteiger partial charge is 0.481 e. The van der Waals surface area contributed by atoms with E-state index in [9.17, 15) is 17.8 Å². The van der Waals surface area contributed by atoms with Gasteiger partial charge in [-0.25, -0.2) is 0 Å². The maximum atomic E-state index is 11.5.